The molecule has 25 heavy (non-hydrogen) atoms. The number of rotatable bonds is 4. The summed E-state index contributed by atoms with van der Waals surface area (Å²) in [5.41, 5.74) is 0.516. The van der Waals surface area contributed by atoms with Crippen molar-refractivity contribution in [1.82, 2.24) is 4.90 Å². The molecule has 2 fully saturated rings. The van der Waals surface area contributed by atoms with Crippen LogP contribution in [0.4, 0.5) is 0 Å². The topological polar surface area (TPSA) is 55.8 Å². The van der Waals surface area contributed by atoms with Crippen LogP contribution >= 0.6 is 22.6 Å². The van der Waals surface area contributed by atoms with Gasteiger partial charge in [0.2, 0.25) is 0 Å². The zero-order chi connectivity index (χ0) is 18.1. The van der Waals surface area contributed by atoms with Gasteiger partial charge in [0.25, 0.3) is 0 Å². The predicted molar refractivity (Wildman–Crippen MR) is 102 cm³/mol. The van der Waals surface area contributed by atoms with Crippen LogP contribution in [-0.2, 0) is 14.3 Å². The molecule has 136 valence electrons. The highest BCUT2D eigenvalue weighted by molar-refractivity contribution is 14.1. The summed E-state index contributed by atoms with van der Waals surface area (Å²) < 4.78 is 12.3. The fourth-order valence-corrected chi connectivity index (χ4v) is 4.31. The summed E-state index contributed by atoms with van der Waals surface area (Å²) in [7, 11) is 2.05. The van der Waals surface area contributed by atoms with Crippen LogP contribution in [-0.4, -0.2) is 48.2 Å². The van der Waals surface area contributed by atoms with Crippen molar-refractivity contribution >= 4 is 34.5 Å². The van der Waals surface area contributed by atoms with Crippen molar-refractivity contribution in [2.45, 2.75) is 57.4 Å². The van der Waals surface area contributed by atoms with Gasteiger partial charge < -0.3 is 9.47 Å². The van der Waals surface area contributed by atoms with Gasteiger partial charge >= 0.3 is 11.9 Å². The van der Waals surface area contributed by atoms with Gasteiger partial charge in [-0.15, -0.1) is 0 Å². The number of carbonyl (C=O) groups excluding carboxylic acids is 2. The van der Waals surface area contributed by atoms with Gasteiger partial charge in [-0.05, 0) is 80.6 Å². The normalized spacial score (nSPS) is 28.8. The maximum Gasteiger partial charge on any atom is 0.338 e. The summed E-state index contributed by atoms with van der Waals surface area (Å²) in [5, 5.41) is 0. The fourth-order valence-electron chi connectivity index (χ4n) is 3.95. The monoisotopic (exact) mass is 457 g/mol. The Hall–Kier alpha value is -1.15. The van der Waals surface area contributed by atoms with E-state index in [2.05, 4.69) is 34.5 Å². The maximum atomic E-state index is 12.7. The lowest BCUT2D eigenvalue weighted by Crippen LogP contribution is -2.54. The van der Waals surface area contributed by atoms with Crippen LogP contribution in [0, 0.1) is 9.49 Å². The molecule has 1 aromatic carbocycles. The van der Waals surface area contributed by atoms with Crippen molar-refractivity contribution in [3.8, 4) is 0 Å². The average molecular weight is 457 g/mol. The van der Waals surface area contributed by atoms with E-state index in [0.717, 1.165) is 16.4 Å². The first kappa shape index (κ1) is 18.6. The van der Waals surface area contributed by atoms with Gasteiger partial charge in [-0.2, -0.15) is 0 Å². The van der Waals surface area contributed by atoms with Gasteiger partial charge in [0.1, 0.15) is 12.0 Å². The third kappa shape index (κ3) is 4.00. The van der Waals surface area contributed by atoms with Crippen molar-refractivity contribution in [2.75, 3.05) is 7.05 Å². The molecule has 0 saturated carbocycles. The lowest BCUT2D eigenvalue weighted by Gasteiger charge is -2.41. The number of hydrogen-bond donors (Lipinski definition) is 0. The molecule has 6 heteroatoms. The van der Waals surface area contributed by atoms with Gasteiger partial charge in [-0.3, -0.25) is 9.69 Å². The Labute approximate surface area is 162 Å². The zero-order valence-corrected chi connectivity index (χ0v) is 16.9. The van der Waals surface area contributed by atoms with Crippen molar-refractivity contribution < 1.29 is 19.1 Å². The SMILES string of the molecule is CC(C)OC(=O)[C@@H]1C2CCC(C[C@@H]1OC(=O)c1ccc(I)cc1)N2C. The molecule has 0 amide bonds. The molecule has 2 unspecified atom stereocenters. The number of halogens is 1. The summed E-state index contributed by atoms with van der Waals surface area (Å²) in [6, 6.07) is 7.71. The Balaban J connectivity index is 1.78. The molecule has 4 atom stereocenters. The van der Waals surface area contributed by atoms with Crippen molar-refractivity contribution in [3.05, 3.63) is 33.4 Å². The molecule has 0 N–H and O–H groups in total. The van der Waals surface area contributed by atoms with E-state index in [1.807, 2.05) is 26.0 Å². The minimum atomic E-state index is -0.424. The standard InChI is InChI=1S/C19H24INO4/c1-11(2)24-19(23)17-15-9-8-14(21(15)3)10-16(17)25-18(22)12-4-6-13(20)7-5-12/h4-7,11,14-17H,8-10H2,1-3H3/t14?,15?,16-,17+/m0/s1. The summed E-state index contributed by atoms with van der Waals surface area (Å²) >= 11 is 2.20. The van der Waals surface area contributed by atoms with Crippen LogP contribution in [0.25, 0.3) is 0 Å². The molecule has 2 aliphatic rings. The van der Waals surface area contributed by atoms with Crippen molar-refractivity contribution in [1.29, 1.82) is 0 Å². The second-order valence-corrected chi connectivity index (χ2v) is 8.41. The molecule has 0 aromatic heterocycles. The second kappa shape index (κ2) is 7.61. The first-order chi connectivity index (χ1) is 11.9. The molecule has 0 spiro atoms. The smallest absolute Gasteiger partial charge is 0.338 e. The van der Waals surface area contributed by atoms with Crippen LogP contribution in [0.1, 0.15) is 43.5 Å². The third-order valence-corrected chi connectivity index (χ3v) is 5.90. The Kier molecular flexibility index (Phi) is 5.68. The van der Waals surface area contributed by atoms with Crippen LogP contribution in [0.3, 0.4) is 0 Å². The van der Waals surface area contributed by atoms with Crippen molar-refractivity contribution in [2.24, 2.45) is 5.92 Å². The number of carbonyl (C=O) groups is 2. The highest BCUT2D eigenvalue weighted by atomic mass is 127. The Morgan fingerprint density at radius 2 is 1.88 bits per heavy atom. The number of benzene rings is 1. The van der Waals surface area contributed by atoms with Gasteiger partial charge in [0, 0.05) is 22.1 Å². The molecular weight excluding hydrogens is 433 g/mol. The summed E-state index contributed by atoms with van der Waals surface area (Å²) in [6.07, 6.45) is 2.05. The van der Waals surface area contributed by atoms with Gasteiger partial charge in [0.15, 0.2) is 0 Å². The summed E-state index contributed by atoms with van der Waals surface area (Å²) in [4.78, 5) is 27.5. The van der Waals surface area contributed by atoms with Crippen LogP contribution in [0.2, 0.25) is 0 Å². The largest absolute Gasteiger partial charge is 0.463 e. The van der Waals surface area contributed by atoms with Crippen LogP contribution < -0.4 is 0 Å². The van der Waals surface area contributed by atoms with E-state index < -0.39 is 12.0 Å². The first-order valence-corrected chi connectivity index (χ1v) is 9.83. The molecule has 1 aromatic rings. The zero-order valence-electron chi connectivity index (χ0n) is 14.8. The Morgan fingerprint density at radius 1 is 1.20 bits per heavy atom. The van der Waals surface area contributed by atoms with E-state index in [0.29, 0.717) is 18.0 Å². The highest BCUT2D eigenvalue weighted by Crippen LogP contribution is 2.40. The predicted octanol–water partition coefficient (Wildman–Crippen LogP) is 3.25. The lowest BCUT2D eigenvalue weighted by molar-refractivity contribution is -0.162. The van der Waals surface area contributed by atoms with Crippen LogP contribution in [0.5, 0.6) is 0 Å². The number of esters is 2. The molecule has 0 radical (unpaired) electrons. The summed E-state index contributed by atoms with van der Waals surface area (Å²) in [6.45, 7) is 3.68. The number of ether oxygens (including phenoxy) is 2. The summed E-state index contributed by atoms with van der Waals surface area (Å²) in [5.74, 6) is -1.04. The molecule has 2 heterocycles. The number of hydrogen-bond acceptors (Lipinski definition) is 5. The highest BCUT2D eigenvalue weighted by Gasteiger charge is 2.51. The van der Waals surface area contributed by atoms with E-state index >= 15 is 0 Å². The van der Waals surface area contributed by atoms with Gasteiger partial charge in [-0.1, -0.05) is 0 Å². The van der Waals surface area contributed by atoms with E-state index in [-0.39, 0.29) is 24.1 Å². The molecule has 2 aliphatic heterocycles. The molecule has 3 rings (SSSR count). The quantitative estimate of drug-likeness (QED) is 0.514. The van der Waals surface area contributed by atoms with E-state index in [4.69, 9.17) is 9.47 Å². The fraction of sp³-hybridized carbons (Fsp3) is 0.579. The Bertz CT molecular complexity index is 645. The Morgan fingerprint density at radius 3 is 2.52 bits per heavy atom. The number of fused-ring (bicyclic) bond motifs is 2. The van der Waals surface area contributed by atoms with Gasteiger partial charge in [-0.25, -0.2) is 4.79 Å². The molecule has 0 aliphatic carbocycles. The molecular formula is C19H24INO4. The number of piperidine rings is 1. The first-order valence-electron chi connectivity index (χ1n) is 8.75. The molecule has 5 nitrogen and oxygen atoms in total. The molecule has 2 bridgehead atoms. The van der Waals surface area contributed by atoms with E-state index in [1.54, 1.807) is 12.1 Å². The number of nitrogens with zero attached hydrogens (tertiary/aromatic N) is 1. The molecule has 2 saturated heterocycles. The van der Waals surface area contributed by atoms with Crippen LogP contribution in [0.15, 0.2) is 24.3 Å². The minimum absolute atomic E-state index is 0.0829. The van der Waals surface area contributed by atoms with Crippen molar-refractivity contribution in [3.63, 3.8) is 0 Å². The lowest BCUT2D eigenvalue weighted by atomic mass is 9.87. The average Bonchev–Trinajstić information content (AvgIpc) is 2.79. The van der Waals surface area contributed by atoms with Gasteiger partial charge in [0.05, 0.1) is 11.7 Å². The maximum absolute atomic E-state index is 12.7. The third-order valence-electron chi connectivity index (χ3n) is 5.18. The van der Waals surface area contributed by atoms with E-state index in [1.165, 1.54) is 0 Å². The second-order valence-electron chi connectivity index (χ2n) is 7.16. The minimum Gasteiger partial charge on any atom is -0.463 e. The van der Waals surface area contributed by atoms with E-state index in [9.17, 15) is 9.59 Å².